The molecular formula is C18H14Cl2N2OS2. The first kappa shape index (κ1) is 18.3. The van der Waals surface area contributed by atoms with Gasteiger partial charge in [-0.1, -0.05) is 59.6 Å². The molecule has 3 rings (SSSR count). The van der Waals surface area contributed by atoms with Gasteiger partial charge in [0, 0.05) is 16.7 Å². The van der Waals surface area contributed by atoms with Crippen molar-refractivity contribution in [3.63, 3.8) is 0 Å². The summed E-state index contributed by atoms with van der Waals surface area (Å²) < 4.78 is 0. The van der Waals surface area contributed by atoms with Gasteiger partial charge in [0.25, 0.3) is 0 Å². The zero-order valence-corrected chi connectivity index (χ0v) is 16.2. The quantitative estimate of drug-likeness (QED) is 0.544. The zero-order valence-electron chi connectivity index (χ0n) is 13.0. The number of aromatic nitrogens is 1. The zero-order chi connectivity index (χ0) is 17.6. The molecule has 0 aliphatic heterocycles. The number of hydrogen-bond acceptors (Lipinski definition) is 4. The molecule has 128 valence electrons. The van der Waals surface area contributed by atoms with E-state index < -0.39 is 0 Å². The Bertz CT molecular complexity index is 869. The number of hydrogen-bond donors (Lipinski definition) is 1. The van der Waals surface area contributed by atoms with Gasteiger partial charge in [0.1, 0.15) is 5.01 Å². The highest BCUT2D eigenvalue weighted by molar-refractivity contribution is 7.99. The maximum atomic E-state index is 12.0. The molecule has 3 nitrogen and oxygen atoms in total. The van der Waals surface area contributed by atoms with E-state index in [4.69, 9.17) is 23.2 Å². The van der Waals surface area contributed by atoms with Crippen molar-refractivity contribution in [1.29, 1.82) is 0 Å². The van der Waals surface area contributed by atoms with E-state index in [1.807, 2.05) is 35.7 Å². The fourth-order valence-electron chi connectivity index (χ4n) is 2.12. The predicted molar refractivity (Wildman–Crippen MR) is 109 cm³/mol. The number of halogens is 2. The number of thioether (sulfide) groups is 1. The van der Waals surface area contributed by atoms with Gasteiger partial charge in [0.05, 0.1) is 27.2 Å². The molecule has 1 amide bonds. The van der Waals surface area contributed by atoms with Crippen LogP contribution < -0.4 is 5.32 Å². The maximum absolute atomic E-state index is 12.0. The molecule has 1 heterocycles. The van der Waals surface area contributed by atoms with Crippen molar-refractivity contribution in [2.45, 2.75) is 5.75 Å². The minimum Gasteiger partial charge on any atom is -0.324 e. The third-order valence-electron chi connectivity index (χ3n) is 3.28. The lowest BCUT2D eigenvalue weighted by Gasteiger charge is -2.07. The summed E-state index contributed by atoms with van der Waals surface area (Å²) >= 11 is 15.1. The molecule has 7 heteroatoms. The normalized spacial score (nSPS) is 10.6. The molecule has 0 saturated carbocycles. The number of benzene rings is 2. The van der Waals surface area contributed by atoms with Crippen molar-refractivity contribution >= 4 is 57.9 Å². The topological polar surface area (TPSA) is 42.0 Å². The third-order valence-corrected chi connectivity index (χ3v) is 6.01. The highest BCUT2D eigenvalue weighted by atomic mass is 35.5. The van der Waals surface area contributed by atoms with Crippen molar-refractivity contribution in [3.8, 4) is 10.6 Å². The van der Waals surface area contributed by atoms with Crippen molar-refractivity contribution in [1.82, 2.24) is 4.98 Å². The van der Waals surface area contributed by atoms with Crippen LogP contribution in [0.3, 0.4) is 0 Å². The van der Waals surface area contributed by atoms with E-state index in [9.17, 15) is 4.79 Å². The Morgan fingerprint density at radius 2 is 1.92 bits per heavy atom. The number of carbonyl (C=O) groups is 1. The van der Waals surface area contributed by atoms with Gasteiger partial charge in [-0.15, -0.1) is 23.1 Å². The monoisotopic (exact) mass is 408 g/mol. The number of nitrogens with one attached hydrogen (secondary N) is 1. The first-order valence-corrected chi connectivity index (χ1v) is 10.2. The van der Waals surface area contributed by atoms with Gasteiger partial charge >= 0.3 is 0 Å². The van der Waals surface area contributed by atoms with Crippen LogP contribution in [0.25, 0.3) is 10.6 Å². The molecule has 0 saturated heterocycles. The molecule has 0 atom stereocenters. The summed E-state index contributed by atoms with van der Waals surface area (Å²) in [7, 11) is 0. The van der Waals surface area contributed by atoms with Crippen LogP contribution in [-0.4, -0.2) is 16.6 Å². The van der Waals surface area contributed by atoms with Crippen molar-refractivity contribution in [3.05, 3.63) is 69.7 Å². The molecule has 1 N–H and O–H groups in total. The Morgan fingerprint density at radius 3 is 2.72 bits per heavy atom. The summed E-state index contributed by atoms with van der Waals surface area (Å²) in [5.41, 5.74) is 2.61. The Hall–Kier alpha value is -1.53. The Kier molecular flexibility index (Phi) is 6.37. The minimum absolute atomic E-state index is 0.118. The summed E-state index contributed by atoms with van der Waals surface area (Å²) in [5, 5.41) is 6.57. The Morgan fingerprint density at radius 1 is 1.12 bits per heavy atom. The second-order valence-electron chi connectivity index (χ2n) is 5.15. The molecule has 25 heavy (non-hydrogen) atoms. The van der Waals surface area contributed by atoms with Crippen LogP contribution in [0.4, 0.5) is 5.69 Å². The first-order valence-electron chi connectivity index (χ1n) is 7.45. The maximum Gasteiger partial charge on any atom is 0.234 e. The molecule has 3 aromatic rings. The number of amides is 1. The summed E-state index contributed by atoms with van der Waals surface area (Å²) in [5.74, 6) is 0.883. The van der Waals surface area contributed by atoms with E-state index in [0.717, 1.165) is 16.3 Å². The van der Waals surface area contributed by atoms with Gasteiger partial charge in [0.15, 0.2) is 0 Å². The number of carbonyl (C=O) groups excluding carboxylic acids is 1. The van der Waals surface area contributed by atoms with Gasteiger partial charge < -0.3 is 5.32 Å². The second kappa shape index (κ2) is 8.72. The second-order valence-corrected chi connectivity index (χ2v) is 7.78. The highest BCUT2D eigenvalue weighted by Crippen LogP contribution is 2.30. The van der Waals surface area contributed by atoms with Crippen molar-refractivity contribution in [2.75, 3.05) is 11.1 Å². The number of anilines is 1. The number of nitrogens with zero attached hydrogens (tertiary/aromatic N) is 1. The first-order chi connectivity index (χ1) is 12.1. The van der Waals surface area contributed by atoms with Crippen LogP contribution >= 0.6 is 46.3 Å². The average molecular weight is 409 g/mol. The molecule has 0 unspecified atom stereocenters. The van der Waals surface area contributed by atoms with Crippen molar-refractivity contribution < 1.29 is 4.79 Å². The smallest absolute Gasteiger partial charge is 0.234 e. The van der Waals surface area contributed by atoms with E-state index in [0.29, 0.717) is 27.2 Å². The van der Waals surface area contributed by atoms with E-state index in [-0.39, 0.29) is 5.91 Å². The summed E-state index contributed by atoms with van der Waals surface area (Å²) in [6, 6.07) is 15.2. The van der Waals surface area contributed by atoms with Gasteiger partial charge in [-0.05, 0) is 12.1 Å². The van der Waals surface area contributed by atoms with E-state index in [2.05, 4.69) is 10.3 Å². The van der Waals surface area contributed by atoms with Gasteiger partial charge in [-0.3, -0.25) is 4.79 Å². The SMILES string of the molecule is O=C(CSCc1csc(-c2ccccc2)n1)Nc1cccc(Cl)c1Cl. The molecule has 2 aromatic carbocycles. The molecule has 0 bridgehead atoms. The van der Waals surface area contributed by atoms with Crippen LogP contribution in [0.5, 0.6) is 0 Å². The molecule has 0 spiro atoms. The van der Waals surface area contributed by atoms with E-state index >= 15 is 0 Å². The van der Waals surface area contributed by atoms with Crippen LogP contribution in [0.15, 0.2) is 53.9 Å². The Balaban J connectivity index is 1.50. The molecule has 0 aliphatic rings. The van der Waals surface area contributed by atoms with Crippen LogP contribution in [0, 0.1) is 0 Å². The van der Waals surface area contributed by atoms with Crippen LogP contribution in [0.2, 0.25) is 10.0 Å². The lowest BCUT2D eigenvalue weighted by Crippen LogP contribution is -2.14. The molecule has 0 aliphatic carbocycles. The average Bonchev–Trinajstić information content (AvgIpc) is 3.09. The number of thiazole rings is 1. The fraction of sp³-hybridized carbons (Fsp3) is 0.111. The van der Waals surface area contributed by atoms with Crippen LogP contribution in [0.1, 0.15) is 5.69 Å². The summed E-state index contributed by atoms with van der Waals surface area (Å²) in [4.78, 5) is 16.7. The molecule has 0 fully saturated rings. The van der Waals surface area contributed by atoms with Gasteiger partial charge in [-0.2, -0.15) is 0 Å². The molecule has 0 radical (unpaired) electrons. The van der Waals surface area contributed by atoms with Gasteiger partial charge in [0.2, 0.25) is 5.91 Å². The standard InChI is InChI=1S/C18H14Cl2N2OS2/c19-14-7-4-8-15(17(14)20)22-16(23)11-24-9-13-10-25-18(21-13)12-5-2-1-3-6-12/h1-8,10H,9,11H2,(H,22,23). The number of rotatable bonds is 6. The fourth-order valence-corrected chi connectivity index (χ4v) is 4.12. The van der Waals surface area contributed by atoms with E-state index in [1.54, 1.807) is 29.5 Å². The Labute approximate surface area is 164 Å². The predicted octanol–water partition coefficient (Wildman–Crippen LogP) is 5.99. The minimum atomic E-state index is -0.118. The van der Waals surface area contributed by atoms with Crippen LogP contribution in [-0.2, 0) is 10.5 Å². The van der Waals surface area contributed by atoms with E-state index in [1.165, 1.54) is 11.8 Å². The van der Waals surface area contributed by atoms with Gasteiger partial charge in [-0.25, -0.2) is 4.98 Å². The summed E-state index contributed by atoms with van der Waals surface area (Å²) in [6.07, 6.45) is 0. The molecule has 1 aromatic heterocycles. The molecular weight excluding hydrogens is 395 g/mol. The lowest BCUT2D eigenvalue weighted by atomic mass is 10.2. The van der Waals surface area contributed by atoms with Crippen molar-refractivity contribution in [2.24, 2.45) is 0 Å². The third kappa shape index (κ3) is 4.98. The largest absolute Gasteiger partial charge is 0.324 e. The lowest BCUT2D eigenvalue weighted by molar-refractivity contribution is -0.113. The highest BCUT2D eigenvalue weighted by Gasteiger charge is 2.09. The summed E-state index contributed by atoms with van der Waals surface area (Å²) in [6.45, 7) is 0.